The molecule has 0 amide bonds. The van der Waals surface area contributed by atoms with E-state index in [0.29, 0.717) is 12.1 Å². The van der Waals surface area contributed by atoms with Gasteiger partial charge < -0.3 is 8.85 Å². The van der Waals surface area contributed by atoms with E-state index in [1.54, 1.807) is 0 Å². The predicted octanol–water partition coefficient (Wildman–Crippen LogP) is 4.52. The van der Waals surface area contributed by atoms with Gasteiger partial charge in [0.25, 0.3) is 0 Å². The van der Waals surface area contributed by atoms with Gasteiger partial charge >= 0.3 is 8.88 Å². The van der Waals surface area contributed by atoms with Gasteiger partial charge in [-0.1, -0.05) is 39.5 Å². The van der Waals surface area contributed by atoms with Crippen molar-refractivity contribution in [2.45, 2.75) is 90.1 Å². The zero-order valence-corrected chi connectivity index (χ0v) is 19.2. The minimum absolute atomic E-state index is 0.676. The Kier molecular flexibility index (Phi) is 6.35. The van der Waals surface area contributed by atoms with Crippen LogP contribution in [0.25, 0.3) is 0 Å². The lowest BCUT2D eigenvalue weighted by molar-refractivity contribution is -0.0250. The van der Waals surface area contributed by atoms with E-state index in [2.05, 4.69) is 23.0 Å². The Labute approximate surface area is 168 Å². The average Bonchev–Trinajstić information content (AvgIpc) is 2.70. The molecule has 4 rings (SSSR count). The molecular weight excluding hydrogens is 352 g/mol. The van der Waals surface area contributed by atoms with Crippen molar-refractivity contribution in [2.75, 3.05) is 27.3 Å². The number of hydrogen-bond acceptors (Lipinski definition) is 4. The third-order valence-electron chi connectivity index (χ3n) is 8.70. The topological polar surface area (TPSA) is 24.9 Å². The molecule has 2 aliphatic heterocycles. The maximum absolute atomic E-state index is 6.50. The van der Waals surface area contributed by atoms with Crippen LogP contribution in [0.1, 0.15) is 78.1 Å². The Bertz CT molecular complexity index is 461. The highest BCUT2D eigenvalue weighted by Gasteiger charge is 2.59. The Balaban J connectivity index is 1.65. The molecule has 2 aliphatic carbocycles. The molecule has 0 aromatic rings. The molecule has 2 heterocycles. The van der Waals surface area contributed by atoms with E-state index in [1.165, 1.54) is 77.3 Å². The monoisotopic (exact) mass is 394 g/mol. The van der Waals surface area contributed by atoms with E-state index in [-0.39, 0.29) is 0 Å². The molecule has 0 radical (unpaired) electrons. The summed E-state index contributed by atoms with van der Waals surface area (Å²) >= 11 is 0. The molecule has 0 bridgehead atoms. The summed E-state index contributed by atoms with van der Waals surface area (Å²) in [5, 5.41) is 0. The van der Waals surface area contributed by atoms with Gasteiger partial charge in [0.2, 0.25) is 0 Å². The van der Waals surface area contributed by atoms with Crippen molar-refractivity contribution in [1.82, 2.24) is 9.13 Å². The number of nitrogens with zero attached hydrogens (tertiary/aromatic N) is 2. The fourth-order valence-electron chi connectivity index (χ4n) is 7.39. The summed E-state index contributed by atoms with van der Waals surface area (Å²) in [5.74, 6) is 3.40. The predicted molar refractivity (Wildman–Crippen MR) is 112 cm³/mol. The fourth-order valence-corrected chi connectivity index (χ4v) is 11.2. The molecule has 2 saturated carbocycles. The highest BCUT2D eigenvalue weighted by molar-refractivity contribution is 6.61. The average molecular weight is 395 g/mol. The summed E-state index contributed by atoms with van der Waals surface area (Å²) in [4.78, 5) is 0. The van der Waals surface area contributed by atoms with Gasteiger partial charge in [0.15, 0.2) is 0 Å². The molecule has 6 atom stereocenters. The van der Waals surface area contributed by atoms with E-state index in [1.807, 2.05) is 14.2 Å². The van der Waals surface area contributed by atoms with Crippen LogP contribution < -0.4 is 0 Å². The Morgan fingerprint density at radius 3 is 1.48 bits per heavy atom. The highest BCUT2D eigenvalue weighted by Crippen LogP contribution is 2.45. The van der Waals surface area contributed by atoms with Crippen LogP contribution in [-0.4, -0.2) is 57.4 Å². The summed E-state index contributed by atoms with van der Waals surface area (Å²) in [6.45, 7) is 7.32. The lowest BCUT2D eigenvalue weighted by Gasteiger charge is -2.58. The first-order valence-electron chi connectivity index (χ1n) is 11.8. The summed E-state index contributed by atoms with van der Waals surface area (Å²) < 4.78 is 18.6. The molecular formula is C22H42N2O2Si. The second kappa shape index (κ2) is 8.43. The van der Waals surface area contributed by atoms with Gasteiger partial charge in [-0.05, 0) is 75.3 Å². The molecule has 0 spiro atoms. The van der Waals surface area contributed by atoms with E-state index >= 15 is 0 Å². The van der Waals surface area contributed by atoms with Crippen LogP contribution in [0.3, 0.4) is 0 Å². The van der Waals surface area contributed by atoms with Gasteiger partial charge in [-0.3, -0.25) is 9.13 Å². The van der Waals surface area contributed by atoms with Gasteiger partial charge in [0, 0.05) is 26.3 Å². The van der Waals surface area contributed by atoms with Crippen molar-refractivity contribution < 1.29 is 8.85 Å². The molecule has 0 aromatic carbocycles. The fraction of sp³-hybridized carbons (Fsp3) is 1.00. The molecule has 5 heteroatoms. The first kappa shape index (κ1) is 20.3. The number of piperidine rings is 2. The quantitative estimate of drug-likeness (QED) is 0.655. The Morgan fingerprint density at radius 1 is 0.630 bits per heavy atom. The smallest absolute Gasteiger partial charge is 0.374 e. The normalized spacial score (nSPS) is 41.8. The summed E-state index contributed by atoms with van der Waals surface area (Å²) in [5.41, 5.74) is 0. The third-order valence-corrected chi connectivity index (χ3v) is 12.3. The second-order valence-corrected chi connectivity index (χ2v) is 13.0. The summed E-state index contributed by atoms with van der Waals surface area (Å²) in [7, 11) is 1.34. The number of fused-ring (bicyclic) bond motifs is 2. The third kappa shape index (κ3) is 3.46. The van der Waals surface area contributed by atoms with E-state index < -0.39 is 8.88 Å². The second-order valence-electron chi connectivity index (χ2n) is 9.91. The van der Waals surface area contributed by atoms with Gasteiger partial charge in [-0.15, -0.1) is 0 Å². The first-order chi connectivity index (χ1) is 13.1. The van der Waals surface area contributed by atoms with Crippen LogP contribution in [0.2, 0.25) is 0 Å². The summed E-state index contributed by atoms with van der Waals surface area (Å²) in [6.07, 6.45) is 13.7. The van der Waals surface area contributed by atoms with Gasteiger partial charge in [0.05, 0.1) is 0 Å². The van der Waals surface area contributed by atoms with Gasteiger partial charge in [-0.2, -0.15) is 0 Å². The zero-order valence-electron chi connectivity index (χ0n) is 18.2. The van der Waals surface area contributed by atoms with Crippen molar-refractivity contribution in [3.63, 3.8) is 0 Å². The highest BCUT2D eigenvalue weighted by atomic mass is 28.4. The molecule has 0 N–H and O–H groups in total. The molecule has 156 valence electrons. The number of hydrogen-bond donors (Lipinski definition) is 0. The zero-order chi connectivity index (χ0) is 19.0. The Morgan fingerprint density at radius 2 is 1.07 bits per heavy atom. The van der Waals surface area contributed by atoms with Crippen molar-refractivity contribution in [1.29, 1.82) is 0 Å². The van der Waals surface area contributed by atoms with Gasteiger partial charge in [0.1, 0.15) is 0 Å². The van der Waals surface area contributed by atoms with Crippen molar-refractivity contribution >= 4 is 8.88 Å². The first-order valence-corrected chi connectivity index (χ1v) is 13.5. The minimum atomic E-state index is -2.55. The molecule has 4 aliphatic rings. The van der Waals surface area contributed by atoms with Crippen LogP contribution >= 0.6 is 0 Å². The molecule has 2 saturated heterocycles. The maximum atomic E-state index is 6.50. The largest absolute Gasteiger partial charge is 0.522 e. The van der Waals surface area contributed by atoms with Crippen LogP contribution in [0.15, 0.2) is 0 Å². The van der Waals surface area contributed by atoms with Crippen molar-refractivity contribution in [3.8, 4) is 0 Å². The van der Waals surface area contributed by atoms with Crippen LogP contribution in [-0.2, 0) is 8.85 Å². The van der Waals surface area contributed by atoms with Crippen LogP contribution in [0, 0.1) is 23.7 Å². The maximum Gasteiger partial charge on any atom is 0.522 e. The minimum Gasteiger partial charge on any atom is -0.374 e. The molecule has 6 unspecified atom stereocenters. The van der Waals surface area contributed by atoms with Crippen molar-refractivity contribution in [2.24, 2.45) is 23.7 Å². The molecule has 4 nitrogen and oxygen atoms in total. The standard InChI is InChI=1S/C22H42N2O2Si/c1-17-9-5-13-21-19(17)11-7-15-23(21)27(25-3,26-4)24-16-8-12-20-18(2)10-6-14-22(20)24/h17-22H,5-16H2,1-4H3. The van der Waals surface area contributed by atoms with E-state index in [4.69, 9.17) is 8.85 Å². The van der Waals surface area contributed by atoms with Crippen molar-refractivity contribution in [3.05, 3.63) is 0 Å². The van der Waals surface area contributed by atoms with E-state index in [9.17, 15) is 0 Å². The van der Waals surface area contributed by atoms with E-state index in [0.717, 1.165) is 23.7 Å². The molecule has 27 heavy (non-hydrogen) atoms. The number of rotatable bonds is 4. The summed E-state index contributed by atoms with van der Waals surface area (Å²) in [6, 6.07) is 1.35. The van der Waals surface area contributed by atoms with Gasteiger partial charge in [-0.25, -0.2) is 0 Å². The lowest BCUT2D eigenvalue weighted by Crippen LogP contribution is -2.76. The van der Waals surface area contributed by atoms with Crippen LogP contribution in [0.5, 0.6) is 0 Å². The molecule has 4 fully saturated rings. The van der Waals surface area contributed by atoms with Crippen LogP contribution in [0.4, 0.5) is 0 Å². The Hall–Kier alpha value is 0.0569. The molecule has 0 aromatic heterocycles. The SMILES string of the molecule is CO[Si](OC)(N1CCCC2C(C)CCCC21)N1CCCC2C(C)CCCC21. The lowest BCUT2D eigenvalue weighted by atomic mass is 9.73.